The van der Waals surface area contributed by atoms with Crippen LogP contribution in [-0.4, -0.2) is 43.2 Å². The lowest BCUT2D eigenvalue weighted by Crippen LogP contribution is -2.44. The molecule has 0 aliphatic heterocycles. The first kappa shape index (κ1) is 25.8. The van der Waals surface area contributed by atoms with Crippen molar-refractivity contribution in [3.05, 3.63) is 54.0 Å². The Morgan fingerprint density at radius 2 is 1.93 bits per heavy atom. The number of rotatable bonds is 10. The van der Waals surface area contributed by atoms with E-state index in [2.05, 4.69) is 20.9 Å². The lowest BCUT2D eigenvalue weighted by Gasteiger charge is -2.22. The Bertz CT molecular complexity index is 794. The van der Waals surface area contributed by atoms with E-state index in [0.29, 0.717) is 37.1 Å². The number of carbonyl (C=O) groups excluding carboxylic acids is 1. The van der Waals surface area contributed by atoms with Crippen LogP contribution in [0.2, 0.25) is 0 Å². The van der Waals surface area contributed by atoms with Gasteiger partial charge in [-0.1, -0.05) is 12.1 Å². The van der Waals surface area contributed by atoms with Gasteiger partial charge in [0.15, 0.2) is 12.6 Å². The highest BCUT2D eigenvalue weighted by molar-refractivity contribution is 14.0. The van der Waals surface area contributed by atoms with Gasteiger partial charge in [0.2, 0.25) is 0 Å². The first-order chi connectivity index (χ1) is 13.9. The molecule has 8 nitrogen and oxygen atoms in total. The second kappa shape index (κ2) is 13.1. The molecule has 0 bridgehead atoms. The molecule has 1 atom stereocenters. The Morgan fingerprint density at radius 1 is 1.17 bits per heavy atom. The van der Waals surface area contributed by atoms with E-state index in [4.69, 9.17) is 9.15 Å². The number of nitrogens with one attached hydrogen (secondary N) is 3. The van der Waals surface area contributed by atoms with Crippen molar-refractivity contribution in [2.45, 2.75) is 32.9 Å². The van der Waals surface area contributed by atoms with E-state index in [-0.39, 0.29) is 43.0 Å². The standard InChI is InChI=1S/C21H30N4O4.HI/c1-4-22-19(26)14-29-17-9-6-8-16(12-17)13-24-20(23-5-2)25-15-21(3,27)18-10-7-11-28-18;/h6-12,27H,4-5,13-15H2,1-3H3,(H,22,26)(H2,23,24,25);1H. The van der Waals surface area contributed by atoms with Crippen molar-refractivity contribution in [1.82, 2.24) is 16.0 Å². The lowest BCUT2D eigenvalue weighted by atomic mass is 10.0. The van der Waals surface area contributed by atoms with E-state index in [1.807, 2.05) is 32.0 Å². The summed E-state index contributed by atoms with van der Waals surface area (Å²) in [6.07, 6.45) is 1.53. The van der Waals surface area contributed by atoms with E-state index in [1.54, 1.807) is 25.1 Å². The number of ether oxygens (including phenoxy) is 1. The molecule has 1 aromatic heterocycles. The summed E-state index contributed by atoms with van der Waals surface area (Å²) in [7, 11) is 0. The maximum absolute atomic E-state index is 11.5. The van der Waals surface area contributed by atoms with Crippen molar-refractivity contribution >= 4 is 35.8 Å². The van der Waals surface area contributed by atoms with Crippen molar-refractivity contribution in [3.63, 3.8) is 0 Å². The van der Waals surface area contributed by atoms with E-state index in [1.165, 1.54) is 6.26 Å². The summed E-state index contributed by atoms with van der Waals surface area (Å²) in [5, 5.41) is 19.5. The van der Waals surface area contributed by atoms with Crippen LogP contribution in [0.5, 0.6) is 5.75 Å². The van der Waals surface area contributed by atoms with Gasteiger partial charge >= 0.3 is 0 Å². The fourth-order valence-corrected chi connectivity index (χ4v) is 2.57. The second-order valence-corrected chi connectivity index (χ2v) is 6.69. The zero-order chi connectivity index (χ0) is 21.1. The van der Waals surface area contributed by atoms with Crippen LogP contribution in [0.15, 0.2) is 52.1 Å². The number of halogens is 1. The molecule has 9 heteroatoms. The van der Waals surface area contributed by atoms with Crippen molar-refractivity contribution in [2.75, 3.05) is 26.2 Å². The minimum atomic E-state index is -1.16. The van der Waals surface area contributed by atoms with Gasteiger partial charge in [0.25, 0.3) is 5.91 Å². The topological polar surface area (TPSA) is 108 Å². The Hall–Kier alpha value is -2.27. The van der Waals surface area contributed by atoms with Crippen LogP contribution >= 0.6 is 24.0 Å². The molecule has 166 valence electrons. The van der Waals surface area contributed by atoms with Crippen LogP contribution in [0.25, 0.3) is 0 Å². The summed E-state index contributed by atoms with van der Waals surface area (Å²) >= 11 is 0. The number of aliphatic hydroxyl groups is 1. The zero-order valence-corrected chi connectivity index (χ0v) is 19.9. The number of aliphatic imine (C=N–C) groups is 1. The lowest BCUT2D eigenvalue weighted by molar-refractivity contribution is -0.122. The molecular formula is C21H31IN4O4. The minimum Gasteiger partial charge on any atom is -0.484 e. The number of guanidine groups is 1. The van der Waals surface area contributed by atoms with Crippen molar-refractivity contribution in [1.29, 1.82) is 0 Å². The molecule has 0 spiro atoms. The molecule has 1 amide bonds. The molecule has 0 saturated carbocycles. The van der Waals surface area contributed by atoms with Gasteiger partial charge in [-0.2, -0.15) is 0 Å². The second-order valence-electron chi connectivity index (χ2n) is 6.69. The van der Waals surface area contributed by atoms with Crippen LogP contribution in [0.1, 0.15) is 32.1 Å². The number of hydrogen-bond donors (Lipinski definition) is 4. The Labute approximate surface area is 194 Å². The summed E-state index contributed by atoms with van der Waals surface area (Å²) in [5.74, 6) is 1.52. The monoisotopic (exact) mass is 530 g/mol. The molecule has 0 saturated heterocycles. The van der Waals surface area contributed by atoms with Crippen molar-refractivity contribution < 1.29 is 19.1 Å². The third-order valence-electron chi connectivity index (χ3n) is 4.06. The van der Waals surface area contributed by atoms with Gasteiger partial charge in [-0.15, -0.1) is 24.0 Å². The third kappa shape index (κ3) is 8.62. The summed E-state index contributed by atoms with van der Waals surface area (Å²) in [6.45, 7) is 7.40. The Balaban J connectivity index is 0.00000450. The smallest absolute Gasteiger partial charge is 0.257 e. The molecule has 1 heterocycles. The number of amides is 1. The maximum Gasteiger partial charge on any atom is 0.257 e. The highest BCUT2D eigenvalue weighted by Gasteiger charge is 2.26. The summed E-state index contributed by atoms with van der Waals surface area (Å²) in [6, 6.07) is 10.9. The first-order valence-electron chi connectivity index (χ1n) is 9.71. The number of hydrogen-bond acceptors (Lipinski definition) is 5. The maximum atomic E-state index is 11.5. The van der Waals surface area contributed by atoms with Gasteiger partial charge in [-0.25, -0.2) is 4.99 Å². The molecule has 2 rings (SSSR count). The molecule has 4 N–H and O–H groups in total. The van der Waals surface area contributed by atoms with Gasteiger partial charge < -0.3 is 30.2 Å². The largest absolute Gasteiger partial charge is 0.484 e. The molecule has 0 aliphatic carbocycles. The van der Waals surface area contributed by atoms with Gasteiger partial charge in [-0.3, -0.25) is 4.79 Å². The van der Waals surface area contributed by atoms with Gasteiger partial charge in [-0.05, 0) is 50.6 Å². The van der Waals surface area contributed by atoms with E-state index < -0.39 is 5.60 Å². The molecule has 1 unspecified atom stereocenters. The molecule has 2 aromatic rings. The highest BCUT2D eigenvalue weighted by atomic mass is 127. The Morgan fingerprint density at radius 3 is 2.60 bits per heavy atom. The number of furan rings is 1. The summed E-state index contributed by atoms with van der Waals surface area (Å²) in [5.41, 5.74) is -0.222. The third-order valence-corrected chi connectivity index (χ3v) is 4.06. The summed E-state index contributed by atoms with van der Waals surface area (Å²) in [4.78, 5) is 16.1. The van der Waals surface area contributed by atoms with Crippen molar-refractivity contribution in [3.8, 4) is 5.75 Å². The average Bonchev–Trinajstić information content (AvgIpc) is 3.25. The predicted octanol–water partition coefficient (Wildman–Crippen LogP) is 2.38. The first-order valence-corrected chi connectivity index (χ1v) is 9.71. The number of likely N-dealkylation sites (N-methyl/N-ethyl adjacent to an activating group) is 1. The fraction of sp³-hybridized carbons (Fsp3) is 0.429. The molecule has 30 heavy (non-hydrogen) atoms. The molecule has 0 aliphatic rings. The van der Waals surface area contributed by atoms with Gasteiger partial charge in [0.05, 0.1) is 19.4 Å². The highest BCUT2D eigenvalue weighted by Crippen LogP contribution is 2.19. The summed E-state index contributed by atoms with van der Waals surface area (Å²) < 4.78 is 10.8. The normalized spacial score (nSPS) is 13.0. The predicted molar refractivity (Wildman–Crippen MR) is 127 cm³/mol. The van der Waals surface area contributed by atoms with E-state index >= 15 is 0 Å². The average molecular weight is 530 g/mol. The van der Waals surface area contributed by atoms with Gasteiger partial charge in [0, 0.05) is 13.1 Å². The molecule has 1 aromatic carbocycles. The van der Waals surface area contributed by atoms with Crippen LogP contribution in [0.3, 0.4) is 0 Å². The zero-order valence-electron chi connectivity index (χ0n) is 17.6. The number of benzene rings is 1. The Kier molecular flexibility index (Phi) is 11.3. The van der Waals surface area contributed by atoms with Crippen molar-refractivity contribution in [2.24, 2.45) is 4.99 Å². The SMILES string of the molecule is CCNC(=O)COc1cccc(CN=C(NCC)NCC(C)(O)c2ccco2)c1.I. The van der Waals surface area contributed by atoms with Crippen LogP contribution in [0.4, 0.5) is 0 Å². The van der Waals surface area contributed by atoms with Crippen LogP contribution < -0.4 is 20.7 Å². The number of nitrogens with zero attached hydrogens (tertiary/aromatic N) is 1. The van der Waals surface area contributed by atoms with Gasteiger partial charge in [0.1, 0.15) is 17.1 Å². The molecular weight excluding hydrogens is 499 g/mol. The molecule has 0 fully saturated rings. The minimum absolute atomic E-state index is 0. The van der Waals surface area contributed by atoms with E-state index in [9.17, 15) is 9.90 Å². The number of carbonyl (C=O) groups is 1. The fourth-order valence-electron chi connectivity index (χ4n) is 2.57. The van der Waals surface area contributed by atoms with E-state index in [0.717, 1.165) is 5.56 Å². The van der Waals surface area contributed by atoms with Crippen LogP contribution in [-0.2, 0) is 16.9 Å². The molecule has 0 radical (unpaired) electrons. The van der Waals surface area contributed by atoms with Crippen LogP contribution in [0, 0.1) is 0 Å². The quantitative estimate of drug-likeness (QED) is 0.214.